The van der Waals surface area contributed by atoms with Gasteiger partial charge in [-0.1, -0.05) is 0 Å². The van der Waals surface area contributed by atoms with Gasteiger partial charge < -0.3 is 10.7 Å². The highest BCUT2D eigenvalue weighted by atomic mass is 32.1. The van der Waals surface area contributed by atoms with Crippen molar-refractivity contribution in [2.75, 3.05) is 13.1 Å². The summed E-state index contributed by atoms with van der Waals surface area (Å²) >= 11 is 1.59. The van der Waals surface area contributed by atoms with E-state index in [0.29, 0.717) is 6.54 Å². The Hall–Kier alpha value is -1.24. The van der Waals surface area contributed by atoms with Crippen molar-refractivity contribution in [3.8, 4) is 0 Å². The van der Waals surface area contributed by atoms with Gasteiger partial charge in [-0.25, -0.2) is 4.98 Å². The molecule has 1 atom stereocenters. The molecule has 19 heavy (non-hydrogen) atoms. The van der Waals surface area contributed by atoms with Gasteiger partial charge in [-0.2, -0.15) is 0 Å². The summed E-state index contributed by atoms with van der Waals surface area (Å²) in [6, 6.07) is 0.252. The Morgan fingerprint density at radius 3 is 3.00 bits per heavy atom. The van der Waals surface area contributed by atoms with Gasteiger partial charge in [0.15, 0.2) is 0 Å². The first-order valence-electron chi connectivity index (χ1n) is 6.51. The number of H-pyrrole nitrogens is 1. The quantitative estimate of drug-likeness (QED) is 0.863. The molecule has 3 rings (SSSR count). The summed E-state index contributed by atoms with van der Waals surface area (Å²) < 4.78 is 0. The monoisotopic (exact) mass is 278 g/mol. The molecule has 2 aromatic heterocycles. The van der Waals surface area contributed by atoms with Crippen molar-refractivity contribution in [2.45, 2.75) is 32.9 Å². The van der Waals surface area contributed by atoms with E-state index in [2.05, 4.69) is 14.9 Å². The maximum atomic E-state index is 12.1. The second kappa shape index (κ2) is 4.70. The maximum absolute atomic E-state index is 12.1. The van der Waals surface area contributed by atoms with Crippen LogP contribution in [0.3, 0.4) is 0 Å². The second-order valence-corrected chi connectivity index (χ2v) is 6.46. The lowest BCUT2D eigenvalue weighted by Crippen LogP contribution is -2.27. The highest BCUT2D eigenvalue weighted by Gasteiger charge is 2.20. The highest BCUT2D eigenvalue weighted by molar-refractivity contribution is 7.18. The van der Waals surface area contributed by atoms with Crippen molar-refractivity contribution in [3.63, 3.8) is 0 Å². The number of rotatable bonds is 2. The van der Waals surface area contributed by atoms with E-state index in [0.717, 1.165) is 46.0 Å². The molecule has 1 fully saturated rings. The zero-order valence-corrected chi connectivity index (χ0v) is 12.0. The lowest BCUT2D eigenvalue weighted by Gasteiger charge is -2.13. The van der Waals surface area contributed by atoms with Crippen molar-refractivity contribution in [2.24, 2.45) is 5.73 Å². The van der Waals surface area contributed by atoms with E-state index < -0.39 is 0 Å². The number of aromatic nitrogens is 2. The number of likely N-dealkylation sites (tertiary alicyclic amines) is 1. The zero-order chi connectivity index (χ0) is 13.6. The zero-order valence-electron chi connectivity index (χ0n) is 11.2. The second-order valence-electron chi connectivity index (χ2n) is 5.26. The number of aryl methyl sites for hydroxylation is 2. The maximum Gasteiger partial charge on any atom is 0.259 e. The molecule has 0 aromatic carbocycles. The molecule has 2 aromatic rings. The number of hydrogen-bond donors (Lipinski definition) is 2. The Kier molecular flexibility index (Phi) is 3.16. The van der Waals surface area contributed by atoms with Gasteiger partial charge in [0.1, 0.15) is 10.7 Å². The smallest absolute Gasteiger partial charge is 0.259 e. The summed E-state index contributed by atoms with van der Waals surface area (Å²) in [6.07, 6.45) is 1.02. The summed E-state index contributed by atoms with van der Waals surface area (Å²) in [5.74, 6) is 0.743. The van der Waals surface area contributed by atoms with Crippen LogP contribution in [0.4, 0.5) is 0 Å². The minimum atomic E-state index is -0.0228. The van der Waals surface area contributed by atoms with Gasteiger partial charge in [-0.3, -0.25) is 9.69 Å². The van der Waals surface area contributed by atoms with Crippen LogP contribution in [0.2, 0.25) is 0 Å². The van der Waals surface area contributed by atoms with Crippen LogP contribution in [-0.4, -0.2) is 34.0 Å². The predicted molar refractivity (Wildman–Crippen MR) is 77.6 cm³/mol. The van der Waals surface area contributed by atoms with Crippen LogP contribution in [0.5, 0.6) is 0 Å². The topological polar surface area (TPSA) is 75.0 Å². The number of aromatic amines is 1. The average molecular weight is 278 g/mol. The molecule has 3 N–H and O–H groups in total. The number of hydrogen-bond acceptors (Lipinski definition) is 5. The summed E-state index contributed by atoms with van der Waals surface area (Å²) in [4.78, 5) is 23.9. The van der Waals surface area contributed by atoms with E-state index in [-0.39, 0.29) is 11.6 Å². The fourth-order valence-corrected chi connectivity index (χ4v) is 3.64. The van der Waals surface area contributed by atoms with Crippen molar-refractivity contribution in [1.29, 1.82) is 0 Å². The van der Waals surface area contributed by atoms with E-state index in [1.54, 1.807) is 11.3 Å². The van der Waals surface area contributed by atoms with E-state index in [4.69, 9.17) is 5.73 Å². The number of nitrogens with two attached hydrogens (primary N) is 1. The third-order valence-electron chi connectivity index (χ3n) is 3.77. The molecule has 0 bridgehead atoms. The van der Waals surface area contributed by atoms with Gasteiger partial charge >= 0.3 is 0 Å². The molecular formula is C13H18N4OS. The Morgan fingerprint density at radius 2 is 2.32 bits per heavy atom. The molecule has 6 heteroatoms. The summed E-state index contributed by atoms with van der Waals surface area (Å²) in [5.41, 5.74) is 6.91. The Balaban J connectivity index is 1.95. The standard InChI is InChI=1S/C13H18N4OS/c1-7-8(2)19-13-11(7)12(18)15-10(16-13)6-17-4-3-9(14)5-17/h9H,3-6,14H2,1-2H3,(H,15,16,18)/t9-/m0/s1. The van der Waals surface area contributed by atoms with Crippen molar-refractivity contribution >= 4 is 21.6 Å². The van der Waals surface area contributed by atoms with Gasteiger partial charge in [-0.05, 0) is 25.8 Å². The van der Waals surface area contributed by atoms with Crippen molar-refractivity contribution in [3.05, 3.63) is 26.6 Å². The van der Waals surface area contributed by atoms with Crippen LogP contribution in [0, 0.1) is 13.8 Å². The first-order valence-corrected chi connectivity index (χ1v) is 7.33. The first kappa shape index (κ1) is 12.8. The number of thiophene rings is 1. The largest absolute Gasteiger partial charge is 0.326 e. The lowest BCUT2D eigenvalue weighted by molar-refractivity contribution is 0.318. The average Bonchev–Trinajstić information content (AvgIpc) is 2.85. The van der Waals surface area contributed by atoms with Crippen LogP contribution in [0.1, 0.15) is 22.7 Å². The summed E-state index contributed by atoms with van der Waals surface area (Å²) in [7, 11) is 0. The van der Waals surface area contributed by atoms with Crippen LogP contribution in [0.15, 0.2) is 4.79 Å². The molecule has 1 aliphatic rings. The summed E-state index contributed by atoms with van der Waals surface area (Å²) in [6.45, 7) is 6.54. The minimum Gasteiger partial charge on any atom is -0.326 e. The summed E-state index contributed by atoms with van der Waals surface area (Å²) in [5, 5.41) is 0.740. The predicted octanol–water partition coefficient (Wildman–Crippen LogP) is 1.13. The fraction of sp³-hybridized carbons (Fsp3) is 0.538. The first-order chi connectivity index (χ1) is 9.04. The molecule has 0 radical (unpaired) electrons. The Bertz CT molecular complexity index is 675. The molecule has 5 nitrogen and oxygen atoms in total. The Morgan fingerprint density at radius 1 is 1.53 bits per heavy atom. The molecular weight excluding hydrogens is 260 g/mol. The van der Waals surface area contributed by atoms with Gasteiger partial charge in [-0.15, -0.1) is 11.3 Å². The molecule has 1 aliphatic heterocycles. The molecule has 0 saturated carbocycles. The SMILES string of the molecule is Cc1sc2nc(CN3CC[C@H](N)C3)[nH]c(=O)c2c1C. The molecule has 1 saturated heterocycles. The molecule has 0 amide bonds. The molecule has 3 heterocycles. The number of nitrogens with zero attached hydrogens (tertiary/aromatic N) is 2. The van der Waals surface area contributed by atoms with Crippen LogP contribution >= 0.6 is 11.3 Å². The normalized spacial score (nSPS) is 20.5. The Labute approximate surface area is 115 Å². The van der Waals surface area contributed by atoms with E-state index in [1.165, 1.54) is 0 Å². The van der Waals surface area contributed by atoms with E-state index in [1.807, 2.05) is 13.8 Å². The van der Waals surface area contributed by atoms with E-state index >= 15 is 0 Å². The third-order valence-corrected chi connectivity index (χ3v) is 4.87. The molecule has 102 valence electrons. The minimum absolute atomic E-state index is 0.0228. The van der Waals surface area contributed by atoms with Gasteiger partial charge in [0.25, 0.3) is 5.56 Å². The number of nitrogens with one attached hydrogen (secondary N) is 1. The molecule has 0 spiro atoms. The van der Waals surface area contributed by atoms with Gasteiger partial charge in [0.05, 0.1) is 11.9 Å². The highest BCUT2D eigenvalue weighted by Crippen LogP contribution is 2.25. The van der Waals surface area contributed by atoms with E-state index in [9.17, 15) is 4.79 Å². The van der Waals surface area contributed by atoms with Crippen molar-refractivity contribution < 1.29 is 0 Å². The fourth-order valence-electron chi connectivity index (χ4n) is 2.59. The third kappa shape index (κ3) is 2.31. The van der Waals surface area contributed by atoms with Crippen molar-refractivity contribution in [1.82, 2.24) is 14.9 Å². The molecule has 0 aliphatic carbocycles. The van der Waals surface area contributed by atoms with Crippen LogP contribution in [0.25, 0.3) is 10.2 Å². The molecule has 0 unspecified atom stereocenters. The van der Waals surface area contributed by atoms with Crippen LogP contribution in [-0.2, 0) is 6.54 Å². The number of fused-ring (bicyclic) bond motifs is 1. The van der Waals surface area contributed by atoms with Gasteiger partial charge in [0, 0.05) is 24.0 Å². The van der Waals surface area contributed by atoms with Crippen LogP contribution < -0.4 is 11.3 Å². The lowest BCUT2D eigenvalue weighted by atomic mass is 10.2. The van der Waals surface area contributed by atoms with Gasteiger partial charge in [0.2, 0.25) is 0 Å².